The molecular weight excluding hydrogens is 465 g/mol. The molecular formula is C30H30N3PS. The number of nitrogens with zero attached hydrogens (tertiary/aromatic N) is 2. The van der Waals surface area contributed by atoms with E-state index in [1.54, 1.807) is 0 Å². The Labute approximate surface area is 215 Å². The van der Waals surface area contributed by atoms with Gasteiger partial charge in [-0.1, -0.05) is 109 Å². The summed E-state index contributed by atoms with van der Waals surface area (Å²) in [6.07, 6.45) is 0. The standard InChI is InChI=1S/C30H30N3PS/c1-3-33(4-2)30(35)32-29(24-16-8-5-9-17-24)31-27-22-14-15-23-28(27)34(25-18-10-6-11-19-25)26-20-12-7-13-21-26/h5-23H,3-4H2,1-2H3,(H,31,32,35). The number of anilines is 1. The molecule has 4 aromatic carbocycles. The van der Waals surface area contributed by atoms with E-state index >= 15 is 0 Å². The van der Waals surface area contributed by atoms with E-state index in [-0.39, 0.29) is 0 Å². The zero-order chi connectivity index (χ0) is 24.5. The van der Waals surface area contributed by atoms with E-state index in [0.717, 1.165) is 30.2 Å². The number of amidine groups is 1. The smallest absolute Gasteiger partial charge is 0.197 e. The molecule has 0 radical (unpaired) electrons. The molecule has 0 aliphatic heterocycles. The van der Waals surface area contributed by atoms with Gasteiger partial charge in [-0.2, -0.15) is 0 Å². The molecule has 35 heavy (non-hydrogen) atoms. The van der Waals surface area contributed by atoms with E-state index in [1.807, 2.05) is 18.2 Å². The topological polar surface area (TPSA) is 27.6 Å². The van der Waals surface area contributed by atoms with Crippen LogP contribution in [0.5, 0.6) is 0 Å². The summed E-state index contributed by atoms with van der Waals surface area (Å²) in [6, 6.07) is 40.2. The normalized spacial score (nSPS) is 11.3. The summed E-state index contributed by atoms with van der Waals surface area (Å²) in [5.41, 5.74) is 2.04. The third kappa shape index (κ3) is 6.22. The Bertz CT molecular complexity index is 1220. The molecule has 0 heterocycles. The van der Waals surface area contributed by atoms with E-state index in [4.69, 9.17) is 17.2 Å². The molecule has 0 atom stereocenters. The maximum Gasteiger partial charge on any atom is 0.197 e. The van der Waals surface area contributed by atoms with Gasteiger partial charge in [0.15, 0.2) is 5.11 Å². The zero-order valence-corrected chi connectivity index (χ0v) is 21.8. The van der Waals surface area contributed by atoms with E-state index in [1.165, 1.54) is 15.9 Å². The molecule has 0 fully saturated rings. The number of nitrogens with one attached hydrogen (secondary N) is 1. The van der Waals surface area contributed by atoms with Crippen LogP contribution in [0.1, 0.15) is 19.4 Å². The van der Waals surface area contributed by atoms with Crippen LogP contribution in [-0.2, 0) is 0 Å². The van der Waals surface area contributed by atoms with Gasteiger partial charge >= 0.3 is 0 Å². The Kier molecular flexibility index (Phi) is 8.78. The molecule has 176 valence electrons. The van der Waals surface area contributed by atoms with Crippen molar-refractivity contribution < 1.29 is 0 Å². The highest BCUT2D eigenvalue weighted by Gasteiger charge is 2.20. The quantitative estimate of drug-likeness (QED) is 0.149. The molecule has 0 bridgehead atoms. The summed E-state index contributed by atoms with van der Waals surface area (Å²) in [5, 5.41) is 8.12. The van der Waals surface area contributed by atoms with E-state index in [9.17, 15) is 0 Å². The first kappa shape index (κ1) is 24.8. The molecule has 0 unspecified atom stereocenters. The van der Waals surface area contributed by atoms with Gasteiger partial charge in [0.25, 0.3) is 0 Å². The third-order valence-corrected chi connectivity index (χ3v) is 8.57. The average Bonchev–Trinajstić information content (AvgIpc) is 2.92. The number of para-hydroxylation sites is 1. The van der Waals surface area contributed by atoms with Crippen molar-refractivity contribution in [3.63, 3.8) is 0 Å². The Morgan fingerprint density at radius 1 is 0.714 bits per heavy atom. The molecule has 4 aromatic rings. The number of benzene rings is 4. The third-order valence-electron chi connectivity index (χ3n) is 5.72. The molecule has 1 N–H and O–H groups in total. The SMILES string of the molecule is CCN(CC)C(=S)/N=C(/Nc1ccccc1P(c1ccccc1)c1ccccc1)c1ccccc1. The van der Waals surface area contributed by atoms with Crippen molar-refractivity contribution in [2.24, 2.45) is 4.99 Å². The van der Waals surface area contributed by atoms with Gasteiger partial charge in [-0.25, -0.2) is 4.99 Å². The fraction of sp³-hybridized carbons (Fsp3) is 0.133. The molecule has 0 saturated heterocycles. The molecule has 0 aliphatic carbocycles. The van der Waals surface area contributed by atoms with Crippen LogP contribution in [-0.4, -0.2) is 28.9 Å². The van der Waals surface area contributed by atoms with E-state index in [2.05, 4.69) is 121 Å². The van der Waals surface area contributed by atoms with E-state index in [0.29, 0.717) is 5.11 Å². The van der Waals surface area contributed by atoms with Crippen molar-refractivity contribution >= 4 is 52.7 Å². The second kappa shape index (κ2) is 12.4. The van der Waals surface area contributed by atoms with Gasteiger partial charge in [0.1, 0.15) is 5.84 Å². The Morgan fingerprint density at radius 2 is 1.20 bits per heavy atom. The van der Waals surface area contributed by atoms with Crippen LogP contribution < -0.4 is 21.2 Å². The van der Waals surface area contributed by atoms with Crippen molar-refractivity contribution in [1.29, 1.82) is 0 Å². The highest BCUT2D eigenvalue weighted by Crippen LogP contribution is 2.35. The summed E-state index contributed by atoms with van der Waals surface area (Å²) in [4.78, 5) is 6.99. The fourth-order valence-corrected chi connectivity index (χ4v) is 6.66. The lowest BCUT2D eigenvalue weighted by Crippen LogP contribution is -2.30. The van der Waals surface area contributed by atoms with Crippen LogP contribution in [0.15, 0.2) is 120 Å². The lowest BCUT2D eigenvalue weighted by Gasteiger charge is -2.24. The summed E-state index contributed by atoms with van der Waals surface area (Å²) in [5.74, 6) is 0.756. The van der Waals surface area contributed by atoms with Crippen LogP contribution in [0.25, 0.3) is 0 Å². The van der Waals surface area contributed by atoms with Gasteiger partial charge in [0.2, 0.25) is 0 Å². The number of hydrogen-bond acceptors (Lipinski definition) is 1. The largest absolute Gasteiger partial charge is 0.348 e. The molecule has 0 aliphatic rings. The Morgan fingerprint density at radius 3 is 1.74 bits per heavy atom. The predicted octanol–water partition coefficient (Wildman–Crippen LogP) is 5.93. The first-order valence-corrected chi connectivity index (χ1v) is 13.7. The summed E-state index contributed by atoms with van der Waals surface area (Å²) < 4.78 is 0. The minimum Gasteiger partial charge on any atom is -0.348 e. The van der Waals surface area contributed by atoms with Gasteiger partial charge in [0, 0.05) is 29.6 Å². The molecule has 0 saturated carbocycles. The molecule has 0 aromatic heterocycles. The fourth-order valence-electron chi connectivity index (χ4n) is 3.90. The predicted molar refractivity (Wildman–Crippen MR) is 157 cm³/mol. The van der Waals surface area contributed by atoms with Crippen molar-refractivity contribution in [3.8, 4) is 0 Å². The van der Waals surface area contributed by atoms with Gasteiger partial charge in [0.05, 0.1) is 0 Å². The highest BCUT2D eigenvalue weighted by atomic mass is 32.1. The summed E-state index contributed by atoms with van der Waals surface area (Å²) in [7, 11) is -0.766. The average molecular weight is 496 g/mol. The summed E-state index contributed by atoms with van der Waals surface area (Å²) in [6.45, 7) is 5.85. The number of rotatable bonds is 7. The van der Waals surface area contributed by atoms with Crippen molar-refractivity contribution in [1.82, 2.24) is 4.90 Å². The lowest BCUT2D eigenvalue weighted by atomic mass is 10.2. The zero-order valence-electron chi connectivity index (χ0n) is 20.1. The molecule has 3 nitrogen and oxygen atoms in total. The molecule has 0 spiro atoms. The van der Waals surface area contributed by atoms with E-state index < -0.39 is 7.92 Å². The van der Waals surface area contributed by atoms with Crippen LogP contribution in [0.2, 0.25) is 0 Å². The van der Waals surface area contributed by atoms with Gasteiger partial charge < -0.3 is 10.2 Å². The first-order chi connectivity index (χ1) is 17.2. The van der Waals surface area contributed by atoms with Crippen molar-refractivity contribution in [2.45, 2.75) is 13.8 Å². The molecule has 4 rings (SSSR count). The highest BCUT2D eigenvalue weighted by molar-refractivity contribution is 7.80. The van der Waals surface area contributed by atoms with Crippen LogP contribution >= 0.6 is 20.1 Å². The molecule has 5 heteroatoms. The minimum atomic E-state index is -0.766. The van der Waals surface area contributed by atoms with Crippen LogP contribution in [0.3, 0.4) is 0 Å². The Balaban J connectivity index is 1.81. The molecule has 0 amide bonds. The maximum atomic E-state index is 5.71. The minimum absolute atomic E-state index is 0.590. The first-order valence-electron chi connectivity index (χ1n) is 11.9. The monoisotopic (exact) mass is 495 g/mol. The second-order valence-corrected chi connectivity index (χ2v) is 10.5. The Hall–Kier alpha value is -3.33. The summed E-state index contributed by atoms with van der Waals surface area (Å²) >= 11 is 5.71. The van der Waals surface area contributed by atoms with Crippen molar-refractivity contribution in [2.75, 3.05) is 18.4 Å². The number of thiocarbonyl (C=S) groups is 1. The van der Waals surface area contributed by atoms with Gasteiger partial charge in [-0.05, 0) is 50.7 Å². The van der Waals surface area contributed by atoms with Crippen molar-refractivity contribution in [3.05, 3.63) is 121 Å². The lowest BCUT2D eigenvalue weighted by molar-refractivity contribution is 0.469. The van der Waals surface area contributed by atoms with Gasteiger partial charge in [-0.15, -0.1) is 0 Å². The maximum absolute atomic E-state index is 5.71. The number of aliphatic imine (C=N–C) groups is 1. The number of hydrogen-bond donors (Lipinski definition) is 1. The van der Waals surface area contributed by atoms with Crippen LogP contribution in [0.4, 0.5) is 5.69 Å². The van der Waals surface area contributed by atoms with Gasteiger partial charge in [-0.3, -0.25) is 0 Å². The second-order valence-electron chi connectivity index (χ2n) is 7.93. The van der Waals surface area contributed by atoms with Crippen LogP contribution in [0, 0.1) is 0 Å².